The van der Waals surface area contributed by atoms with Gasteiger partial charge in [-0.2, -0.15) is 4.98 Å². The molecule has 3 aromatic rings. The highest BCUT2D eigenvalue weighted by Gasteiger charge is 2.26. The summed E-state index contributed by atoms with van der Waals surface area (Å²) in [6, 6.07) is 13.9. The fourth-order valence-electron chi connectivity index (χ4n) is 3.44. The second-order valence-electron chi connectivity index (χ2n) is 6.41. The smallest absolute Gasteiger partial charge is 0.274 e. The molecule has 26 heavy (non-hydrogen) atoms. The molecular weight excluding hydrogens is 328 g/mol. The van der Waals surface area contributed by atoms with E-state index in [9.17, 15) is 4.79 Å². The maximum absolute atomic E-state index is 12.1. The first-order valence-corrected chi connectivity index (χ1v) is 8.61. The third-order valence-electron chi connectivity index (χ3n) is 4.75. The largest absolute Gasteiger partial charge is 0.481 e. The third-order valence-corrected chi connectivity index (χ3v) is 4.75. The normalized spacial score (nSPS) is 15.5. The maximum atomic E-state index is 12.1. The Morgan fingerprint density at radius 2 is 2.04 bits per heavy atom. The molecule has 132 valence electrons. The van der Waals surface area contributed by atoms with E-state index in [2.05, 4.69) is 32.0 Å². The zero-order chi connectivity index (χ0) is 18.1. The molecule has 0 fully saturated rings. The van der Waals surface area contributed by atoms with Crippen molar-refractivity contribution in [3.05, 3.63) is 75.8 Å². The van der Waals surface area contributed by atoms with E-state index in [0.717, 1.165) is 29.8 Å². The molecule has 0 radical (unpaired) electrons. The highest BCUT2D eigenvalue weighted by Crippen LogP contribution is 2.34. The van der Waals surface area contributed by atoms with Crippen LogP contribution in [0.4, 0.5) is 11.6 Å². The minimum Gasteiger partial charge on any atom is -0.481 e. The summed E-state index contributed by atoms with van der Waals surface area (Å²) in [5, 5.41) is 3.32. The molecule has 1 unspecified atom stereocenters. The predicted molar refractivity (Wildman–Crippen MR) is 100 cm³/mol. The molecule has 4 rings (SSSR count). The Morgan fingerprint density at radius 1 is 1.23 bits per heavy atom. The quantitative estimate of drug-likeness (QED) is 0.784. The summed E-state index contributed by atoms with van der Waals surface area (Å²) < 4.78 is 7.34. The average molecular weight is 348 g/mol. The number of methoxy groups -OCH3 is 1. The molecule has 1 N–H and O–H groups in total. The molecule has 1 aliphatic rings. The van der Waals surface area contributed by atoms with Gasteiger partial charge < -0.3 is 14.6 Å². The third kappa shape index (κ3) is 2.94. The first kappa shape index (κ1) is 16.3. The number of fused-ring (bicyclic) bond motifs is 1. The summed E-state index contributed by atoms with van der Waals surface area (Å²) in [7, 11) is 1.58. The number of benzene rings is 1. The van der Waals surface area contributed by atoms with Crippen molar-refractivity contribution >= 4 is 11.6 Å². The van der Waals surface area contributed by atoms with Crippen LogP contribution in [0.15, 0.2) is 53.5 Å². The summed E-state index contributed by atoms with van der Waals surface area (Å²) in [5.41, 5.74) is 3.76. The SMILES string of the molecule is COc1cc(Nc2nc(=O)cc3n2C(c2ccccc2)CC3)c(C)cn1. The molecular formula is C20H20N4O2. The minimum absolute atomic E-state index is 0.158. The number of rotatable bonds is 4. The number of pyridine rings is 1. The summed E-state index contributed by atoms with van der Waals surface area (Å²) in [4.78, 5) is 20.5. The van der Waals surface area contributed by atoms with E-state index in [-0.39, 0.29) is 11.6 Å². The standard InChI is InChI=1S/C20H20N4O2/c1-13-12-21-19(26-2)11-16(13)22-20-23-18(25)10-15-8-9-17(24(15)20)14-6-4-3-5-7-14/h3-7,10-12,17H,8-9H2,1-2H3,(H,21,22,23,25). The molecule has 0 spiro atoms. The predicted octanol–water partition coefficient (Wildman–Crippen LogP) is 3.23. The van der Waals surface area contributed by atoms with Crippen molar-refractivity contribution in [1.29, 1.82) is 0 Å². The van der Waals surface area contributed by atoms with Gasteiger partial charge in [-0.1, -0.05) is 30.3 Å². The van der Waals surface area contributed by atoms with Crippen molar-refractivity contribution in [3.8, 4) is 5.88 Å². The molecule has 1 atom stereocenters. The number of aryl methyl sites for hydroxylation is 2. The molecule has 0 saturated carbocycles. The lowest BCUT2D eigenvalue weighted by atomic mass is 10.1. The molecule has 0 saturated heterocycles. The fourth-order valence-corrected chi connectivity index (χ4v) is 3.44. The van der Waals surface area contributed by atoms with Crippen molar-refractivity contribution in [3.63, 3.8) is 0 Å². The molecule has 0 aliphatic carbocycles. The van der Waals surface area contributed by atoms with Crippen LogP contribution in [0.3, 0.4) is 0 Å². The number of aromatic nitrogens is 3. The number of hydrogen-bond donors (Lipinski definition) is 1. The van der Waals surface area contributed by atoms with Gasteiger partial charge in [0.15, 0.2) is 0 Å². The fraction of sp³-hybridized carbons (Fsp3) is 0.250. The number of nitrogens with zero attached hydrogens (tertiary/aromatic N) is 3. The number of anilines is 2. The lowest BCUT2D eigenvalue weighted by Gasteiger charge is -2.20. The summed E-state index contributed by atoms with van der Waals surface area (Å²) in [5.74, 6) is 1.06. The molecule has 6 nitrogen and oxygen atoms in total. The Labute approximate surface area is 151 Å². The number of ether oxygens (including phenoxy) is 1. The van der Waals surface area contributed by atoms with Crippen LogP contribution in [0.5, 0.6) is 5.88 Å². The topological polar surface area (TPSA) is 69.0 Å². The Hall–Kier alpha value is -3.15. The molecule has 1 aliphatic heterocycles. The van der Waals surface area contributed by atoms with Crippen LogP contribution in [0.1, 0.15) is 29.3 Å². The monoisotopic (exact) mass is 348 g/mol. The van der Waals surface area contributed by atoms with Gasteiger partial charge in [-0.15, -0.1) is 0 Å². The van der Waals surface area contributed by atoms with Crippen molar-refractivity contribution in [2.45, 2.75) is 25.8 Å². The van der Waals surface area contributed by atoms with E-state index in [4.69, 9.17) is 4.74 Å². The Balaban J connectivity index is 1.80. The minimum atomic E-state index is -0.230. The van der Waals surface area contributed by atoms with Crippen molar-refractivity contribution in [2.75, 3.05) is 12.4 Å². The Kier molecular flexibility index (Phi) is 4.16. The van der Waals surface area contributed by atoms with Gasteiger partial charge in [-0.05, 0) is 30.9 Å². The van der Waals surface area contributed by atoms with Crippen LogP contribution in [-0.2, 0) is 6.42 Å². The van der Waals surface area contributed by atoms with E-state index in [1.54, 1.807) is 19.4 Å². The second-order valence-corrected chi connectivity index (χ2v) is 6.41. The zero-order valence-corrected chi connectivity index (χ0v) is 14.8. The van der Waals surface area contributed by atoms with Gasteiger partial charge in [0.2, 0.25) is 11.8 Å². The van der Waals surface area contributed by atoms with Crippen LogP contribution in [0.25, 0.3) is 0 Å². The van der Waals surface area contributed by atoms with Crippen LogP contribution >= 0.6 is 0 Å². The van der Waals surface area contributed by atoms with Crippen LogP contribution in [-0.4, -0.2) is 21.6 Å². The summed E-state index contributed by atoms with van der Waals surface area (Å²) in [6.45, 7) is 1.95. The van der Waals surface area contributed by atoms with Gasteiger partial charge in [-0.3, -0.25) is 4.79 Å². The first-order chi connectivity index (χ1) is 12.7. The Bertz CT molecular complexity index is 998. The van der Waals surface area contributed by atoms with Gasteiger partial charge in [0.25, 0.3) is 5.56 Å². The van der Waals surface area contributed by atoms with Gasteiger partial charge in [0.1, 0.15) is 0 Å². The van der Waals surface area contributed by atoms with E-state index in [1.807, 2.05) is 31.2 Å². The van der Waals surface area contributed by atoms with E-state index < -0.39 is 0 Å². The van der Waals surface area contributed by atoms with Crippen LogP contribution < -0.4 is 15.6 Å². The van der Waals surface area contributed by atoms with E-state index >= 15 is 0 Å². The van der Waals surface area contributed by atoms with Gasteiger partial charge >= 0.3 is 0 Å². The van der Waals surface area contributed by atoms with Gasteiger partial charge in [0, 0.05) is 24.0 Å². The zero-order valence-electron chi connectivity index (χ0n) is 14.8. The molecule has 3 heterocycles. The number of nitrogens with one attached hydrogen (secondary N) is 1. The molecule has 0 amide bonds. The maximum Gasteiger partial charge on any atom is 0.274 e. The summed E-state index contributed by atoms with van der Waals surface area (Å²) >= 11 is 0. The van der Waals surface area contributed by atoms with E-state index in [1.165, 1.54) is 5.56 Å². The highest BCUT2D eigenvalue weighted by atomic mass is 16.5. The van der Waals surface area contributed by atoms with Crippen molar-refractivity contribution in [2.24, 2.45) is 0 Å². The number of hydrogen-bond acceptors (Lipinski definition) is 5. The molecule has 0 bridgehead atoms. The highest BCUT2D eigenvalue weighted by molar-refractivity contribution is 5.60. The second kappa shape index (κ2) is 6.63. The van der Waals surface area contributed by atoms with Gasteiger partial charge in [-0.25, -0.2) is 4.98 Å². The molecule has 1 aromatic carbocycles. The van der Waals surface area contributed by atoms with Crippen molar-refractivity contribution < 1.29 is 4.74 Å². The van der Waals surface area contributed by atoms with Crippen LogP contribution in [0.2, 0.25) is 0 Å². The lowest BCUT2D eigenvalue weighted by molar-refractivity contribution is 0.398. The average Bonchev–Trinajstić information content (AvgIpc) is 3.08. The molecule has 2 aromatic heterocycles. The Morgan fingerprint density at radius 3 is 2.81 bits per heavy atom. The van der Waals surface area contributed by atoms with Gasteiger partial charge in [0.05, 0.1) is 18.8 Å². The summed E-state index contributed by atoms with van der Waals surface area (Å²) in [6.07, 6.45) is 3.54. The van der Waals surface area contributed by atoms with Crippen LogP contribution in [0, 0.1) is 6.92 Å². The first-order valence-electron chi connectivity index (χ1n) is 8.61. The lowest BCUT2D eigenvalue weighted by Crippen LogP contribution is -2.19. The van der Waals surface area contributed by atoms with E-state index in [0.29, 0.717) is 11.8 Å². The molecule has 6 heteroatoms. The van der Waals surface area contributed by atoms with Crippen molar-refractivity contribution in [1.82, 2.24) is 14.5 Å².